The zero-order chi connectivity index (χ0) is 19.8. The lowest BCUT2D eigenvalue weighted by atomic mass is 10.3. The normalized spacial score (nSPS) is 15.4. The first kappa shape index (κ1) is 23.9. The van der Waals surface area contributed by atoms with Gasteiger partial charge in [-0.25, -0.2) is 4.99 Å². The lowest BCUT2D eigenvalue weighted by molar-refractivity contribution is 0.169. The summed E-state index contributed by atoms with van der Waals surface area (Å²) in [6.45, 7) is 8.06. The highest BCUT2D eigenvalue weighted by molar-refractivity contribution is 14.0. The van der Waals surface area contributed by atoms with Crippen LogP contribution < -0.4 is 5.32 Å². The molecule has 1 aliphatic rings. The number of nitrogens with zero attached hydrogens (tertiary/aromatic N) is 7. The van der Waals surface area contributed by atoms with Crippen LogP contribution in [0.2, 0.25) is 0 Å². The average molecular weight is 534 g/mol. The Hall–Kier alpha value is -1.34. The number of hydrogen-bond donors (Lipinski definition) is 1. The van der Waals surface area contributed by atoms with E-state index in [9.17, 15) is 0 Å². The number of halogens is 1. The zero-order valence-corrected chi connectivity index (χ0v) is 20.5. The van der Waals surface area contributed by atoms with Crippen molar-refractivity contribution in [2.45, 2.75) is 26.4 Å². The van der Waals surface area contributed by atoms with E-state index in [1.54, 1.807) is 6.26 Å². The first-order valence-corrected chi connectivity index (χ1v) is 11.1. The number of aromatic nitrogens is 4. The molecule has 0 bridgehead atoms. The van der Waals surface area contributed by atoms with Gasteiger partial charge in [-0.05, 0) is 25.4 Å². The number of piperazine rings is 1. The fourth-order valence-electron chi connectivity index (χ4n) is 3.08. The van der Waals surface area contributed by atoms with Gasteiger partial charge in [-0.15, -0.1) is 34.2 Å². The molecule has 0 aliphatic carbocycles. The maximum Gasteiger partial charge on any atom is 0.194 e. The molecule has 0 radical (unpaired) electrons. The molecule has 0 aromatic carbocycles. The molecule has 3 heterocycles. The fraction of sp³-hybridized carbons (Fsp3) is 0.667. The fourth-order valence-corrected chi connectivity index (χ4v) is 3.52. The standard InChI is InChI=1S/C18H30N8OS.HI/c1-15-21-22-17(24(15)2)13-20-18(19-6-4-12-28-3)26-9-7-25(8-10-26)14-16-5-11-27-23-16;/h5,11H,4,6-10,12-14H2,1-3H3,(H,19,20);1H. The Bertz CT molecular complexity index is 743. The molecule has 0 saturated carbocycles. The first-order chi connectivity index (χ1) is 13.7. The minimum Gasteiger partial charge on any atom is -0.364 e. The lowest BCUT2D eigenvalue weighted by Gasteiger charge is -2.36. The van der Waals surface area contributed by atoms with Crippen LogP contribution in [-0.2, 0) is 20.1 Å². The summed E-state index contributed by atoms with van der Waals surface area (Å²) in [5.74, 6) is 3.89. The number of rotatable bonds is 8. The van der Waals surface area contributed by atoms with Gasteiger partial charge in [-0.1, -0.05) is 5.16 Å². The Morgan fingerprint density at radius 2 is 2.07 bits per heavy atom. The quantitative estimate of drug-likeness (QED) is 0.237. The van der Waals surface area contributed by atoms with Crippen molar-refractivity contribution in [1.82, 2.24) is 35.0 Å². The van der Waals surface area contributed by atoms with E-state index in [0.29, 0.717) is 6.54 Å². The molecule has 1 fully saturated rings. The summed E-state index contributed by atoms with van der Waals surface area (Å²) in [6.07, 6.45) is 4.89. The molecule has 2 aromatic heterocycles. The van der Waals surface area contributed by atoms with Crippen molar-refractivity contribution in [3.05, 3.63) is 29.7 Å². The van der Waals surface area contributed by atoms with Crippen molar-refractivity contribution < 1.29 is 4.52 Å². The van der Waals surface area contributed by atoms with E-state index >= 15 is 0 Å². The van der Waals surface area contributed by atoms with E-state index in [2.05, 4.69) is 36.7 Å². The third-order valence-corrected chi connectivity index (χ3v) is 5.61. The van der Waals surface area contributed by atoms with Crippen LogP contribution in [0.4, 0.5) is 0 Å². The Balaban J connectivity index is 0.00000300. The monoisotopic (exact) mass is 534 g/mol. The van der Waals surface area contributed by atoms with E-state index in [-0.39, 0.29) is 24.0 Å². The summed E-state index contributed by atoms with van der Waals surface area (Å²) in [4.78, 5) is 9.58. The number of aliphatic imine (C=N–C) groups is 1. The largest absolute Gasteiger partial charge is 0.364 e. The van der Waals surface area contributed by atoms with E-state index in [1.807, 2.05) is 36.4 Å². The maximum absolute atomic E-state index is 4.93. The van der Waals surface area contributed by atoms with Crippen LogP contribution >= 0.6 is 35.7 Å². The second-order valence-corrected chi connectivity index (χ2v) is 7.88. The summed E-state index contributed by atoms with van der Waals surface area (Å²) in [5, 5.41) is 15.9. The van der Waals surface area contributed by atoms with Gasteiger partial charge in [0.2, 0.25) is 0 Å². The van der Waals surface area contributed by atoms with Crippen molar-refractivity contribution in [3.8, 4) is 0 Å². The number of thioether (sulfide) groups is 1. The van der Waals surface area contributed by atoms with Gasteiger partial charge in [-0.3, -0.25) is 4.90 Å². The molecule has 0 spiro atoms. The molecule has 1 N–H and O–H groups in total. The molecule has 9 nitrogen and oxygen atoms in total. The van der Waals surface area contributed by atoms with Gasteiger partial charge >= 0.3 is 0 Å². The first-order valence-electron chi connectivity index (χ1n) is 9.66. The van der Waals surface area contributed by atoms with Gasteiger partial charge in [0.05, 0.1) is 5.69 Å². The number of nitrogens with one attached hydrogen (secondary N) is 1. The zero-order valence-electron chi connectivity index (χ0n) is 17.4. The second-order valence-electron chi connectivity index (χ2n) is 6.89. The Kier molecular flexibility index (Phi) is 10.2. The summed E-state index contributed by atoms with van der Waals surface area (Å²) >= 11 is 1.87. The summed E-state index contributed by atoms with van der Waals surface area (Å²) in [5.41, 5.74) is 0.982. The van der Waals surface area contributed by atoms with Gasteiger partial charge in [0.25, 0.3) is 0 Å². The molecule has 1 aliphatic heterocycles. The topological polar surface area (TPSA) is 87.6 Å². The highest BCUT2D eigenvalue weighted by atomic mass is 127. The highest BCUT2D eigenvalue weighted by Crippen LogP contribution is 2.08. The number of aryl methyl sites for hydroxylation is 1. The summed E-state index contributed by atoms with van der Waals surface area (Å²) in [6, 6.07) is 1.93. The molecule has 3 rings (SSSR count). The molecular weight excluding hydrogens is 503 g/mol. The molecule has 0 atom stereocenters. The van der Waals surface area contributed by atoms with Crippen molar-refractivity contribution in [3.63, 3.8) is 0 Å². The third-order valence-electron chi connectivity index (χ3n) is 4.91. The van der Waals surface area contributed by atoms with Crippen LogP contribution in [-0.4, -0.2) is 80.4 Å². The summed E-state index contributed by atoms with van der Waals surface area (Å²) < 4.78 is 6.92. The minimum atomic E-state index is 0. The lowest BCUT2D eigenvalue weighted by Crippen LogP contribution is -2.52. The van der Waals surface area contributed by atoms with Crippen LogP contribution in [0.1, 0.15) is 23.8 Å². The smallest absolute Gasteiger partial charge is 0.194 e. The molecule has 162 valence electrons. The van der Waals surface area contributed by atoms with E-state index in [1.165, 1.54) is 0 Å². The molecule has 29 heavy (non-hydrogen) atoms. The molecule has 0 amide bonds. The maximum atomic E-state index is 4.93. The van der Waals surface area contributed by atoms with Crippen LogP contribution in [0.15, 0.2) is 21.8 Å². The molecule has 1 saturated heterocycles. The van der Waals surface area contributed by atoms with E-state index < -0.39 is 0 Å². The third kappa shape index (κ3) is 7.14. The molecular formula is C18H31IN8OS. The van der Waals surface area contributed by atoms with Crippen molar-refractivity contribution in [2.24, 2.45) is 12.0 Å². The van der Waals surface area contributed by atoms with Gasteiger partial charge in [-0.2, -0.15) is 11.8 Å². The average Bonchev–Trinajstić information content (AvgIpc) is 3.33. The molecule has 2 aromatic rings. The van der Waals surface area contributed by atoms with Crippen molar-refractivity contribution >= 4 is 41.7 Å². The number of hydrogen-bond acceptors (Lipinski definition) is 7. The van der Waals surface area contributed by atoms with Gasteiger partial charge < -0.3 is 19.3 Å². The van der Waals surface area contributed by atoms with Gasteiger partial charge in [0.15, 0.2) is 11.8 Å². The van der Waals surface area contributed by atoms with Gasteiger partial charge in [0.1, 0.15) is 18.6 Å². The number of guanidine groups is 1. The predicted molar refractivity (Wildman–Crippen MR) is 127 cm³/mol. The predicted octanol–water partition coefficient (Wildman–Crippen LogP) is 1.75. The van der Waals surface area contributed by atoms with Crippen LogP contribution in [0.5, 0.6) is 0 Å². The second kappa shape index (κ2) is 12.4. The van der Waals surface area contributed by atoms with Crippen LogP contribution in [0.25, 0.3) is 0 Å². The Labute approximate surface area is 193 Å². The van der Waals surface area contributed by atoms with Crippen molar-refractivity contribution in [2.75, 3.05) is 44.7 Å². The van der Waals surface area contributed by atoms with Crippen LogP contribution in [0, 0.1) is 6.92 Å². The van der Waals surface area contributed by atoms with E-state index in [4.69, 9.17) is 9.52 Å². The van der Waals surface area contributed by atoms with E-state index in [0.717, 1.165) is 74.7 Å². The van der Waals surface area contributed by atoms with Crippen molar-refractivity contribution in [1.29, 1.82) is 0 Å². The van der Waals surface area contributed by atoms with Gasteiger partial charge in [0, 0.05) is 52.4 Å². The molecule has 0 unspecified atom stereocenters. The SMILES string of the molecule is CSCCCNC(=NCc1nnc(C)n1C)N1CCN(Cc2ccon2)CC1.I. The van der Waals surface area contributed by atoms with Crippen LogP contribution in [0.3, 0.4) is 0 Å². The summed E-state index contributed by atoms with van der Waals surface area (Å²) in [7, 11) is 1.98. The Morgan fingerprint density at radius 1 is 1.28 bits per heavy atom. The highest BCUT2D eigenvalue weighted by Gasteiger charge is 2.20. The molecule has 11 heteroatoms. The minimum absolute atomic E-state index is 0. The Morgan fingerprint density at radius 3 is 2.69 bits per heavy atom.